The number of allylic oxidation sites excluding steroid dienone is 1. The molecule has 1 aromatic carbocycles. The fourth-order valence-corrected chi connectivity index (χ4v) is 1.89. The van der Waals surface area contributed by atoms with E-state index in [0.717, 1.165) is 11.1 Å². The standard InChI is InChI=1S/C12H10F2O5S/c13-12(14,20(16,17)18)7-19-11(15)10-5-4-8-2-1-3-9(8)6-10/h1-2,4-6H,3,7H2,(H,16,17,18)/p-1. The molecule has 2 rings (SSSR count). The first-order valence-corrected chi connectivity index (χ1v) is 6.91. The fourth-order valence-electron chi connectivity index (χ4n) is 1.69. The maximum Gasteiger partial charge on any atom is 0.367 e. The Hall–Kier alpha value is -1.80. The van der Waals surface area contributed by atoms with Crippen LogP contribution in [-0.4, -0.2) is 30.8 Å². The van der Waals surface area contributed by atoms with Gasteiger partial charge in [0.25, 0.3) is 0 Å². The Morgan fingerprint density at radius 3 is 2.75 bits per heavy atom. The molecular weight excluding hydrogens is 294 g/mol. The Kier molecular flexibility index (Phi) is 3.61. The topological polar surface area (TPSA) is 83.5 Å². The number of hydrogen-bond donors (Lipinski definition) is 0. The first kappa shape index (κ1) is 14.6. The summed E-state index contributed by atoms with van der Waals surface area (Å²) in [6.45, 7) is -1.80. The van der Waals surface area contributed by atoms with Crippen LogP contribution in [0.1, 0.15) is 21.5 Å². The van der Waals surface area contributed by atoms with E-state index in [9.17, 15) is 26.5 Å². The van der Waals surface area contributed by atoms with Gasteiger partial charge in [-0.3, -0.25) is 0 Å². The molecule has 5 nitrogen and oxygen atoms in total. The van der Waals surface area contributed by atoms with Gasteiger partial charge in [-0.05, 0) is 29.7 Å². The van der Waals surface area contributed by atoms with Crippen molar-refractivity contribution in [1.29, 1.82) is 0 Å². The minimum atomic E-state index is -5.86. The van der Waals surface area contributed by atoms with Crippen molar-refractivity contribution >= 4 is 22.2 Å². The van der Waals surface area contributed by atoms with Gasteiger partial charge in [-0.1, -0.05) is 18.2 Å². The highest BCUT2D eigenvalue weighted by atomic mass is 32.2. The molecule has 0 atom stereocenters. The normalized spacial score (nSPS) is 14.2. The van der Waals surface area contributed by atoms with Crippen molar-refractivity contribution < 1.29 is 31.3 Å². The van der Waals surface area contributed by atoms with Gasteiger partial charge >= 0.3 is 11.2 Å². The first-order valence-electron chi connectivity index (χ1n) is 5.50. The average Bonchev–Trinajstić information content (AvgIpc) is 2.81. The van der Waals surface area contributed by atoms with Crippen LogP contribution >= 0.6 is 0 Å². The molecule has 8 heteroatoms. The molecule has 0 fully saturated rings. The highest BCUT2D eigenvalue weighted by Gasteiger charge is 2.39. The molecular formula is C12H9F2O5S-. The van der Waals surface area contributed by atoms with E-state index in [1.807, 2.05) is 12.2 Å². The summed E-state index contributed by atoms with van der Waals surface area (Å²) >= 11 is 0. The number of rotatable bonds is 4. The lowest BCUT2D eigenvalue weighted by atomic mass is 10.1. The summed E-state index contributed by atoms with van der Waals surface area (Å²) < 4.78 is 60.6. The van der Waals surface area contributed by atoms with E-state index in [1.54, 1.807) is 6.07 Å². The first-order chi connectivity index (χ1) is 9.21. The lowest BCUT2D eigenvalue weighted by Crippen LogP contribution is -2.34. The van der Waals surface area contributed by atoms with Gasteiger partial charge in [0, 0.05) is 0 Å². The van der Waals surface area contributed by atoms with E-state index >= 15 is 0 Å². The molecule has 20 heavy (non-hydrogen) atoms. The predicted octanol–water partition coefficient (Wildman–Crippen LogP) is 1.55. The Balaban J connectivity index is 2.07. The number of benzene rings is 1. The number of carbonyl (C=O) groups excluding carboxylic acids is 1. The Labute approximate surface area is 113 Å². The predicted molar refractivity (Wildman–Crippen MR) is 64.1 cm³/mol. The van der Waals surface area contributed by atoms with Crippen LogP contribution in [-0.2, 0) is 21.3 Å². The van der Waals surface area contributed by atoms with Crippen LogP contribution in [0.4, 0.5) is 8.78 Å². The van der Waals surface area contributed by atoms with Gasteiger partial charge in [-0.2, -0.15) is 8.78 Å². The zero-order chi connectivity index (χ0) is 15.0. The lowest BCUT2D eigenvalue weighted by molar-refractivity contribution is -0.00997. The molecule has 0 saturated carbocycles. The number of alkyl halides is 2. The van der Waals surface area contributed by atoms with Gasteiger partial charge in [0.1, 0.15) is 0 Å². The third-order valence-corrected chi connectivity index (χ3v) is 3.60. The summed E-state index contributed by atoms with van der Waals surface area (Å²) in [5.74, 6) is -1.11. The minimum absolute atomic E-state index is 0.0200. The monoisotopic (exact) mass is 303 g/mol. The average molecular weight is 303 g/mol. The lowest BCUT2D eigenvalue weighted by Gasteiger charge is -2.19. The summed E-state index contributed by atoms with van der Waals surface area (Å²) in [6, 6.07) is 4.47. The molecule has 0 aliphatic heterocycles. The van der Waals surface area contributed by atoms with E-state index in [-0.39, 0.29) is 5.56 Å². The molecule has 0 aromatic heterocycles. The fraction of sp³-hybridized carbons (Fsp3) is 0.250. The molecule has 0 unspecified atom stereocenters. The molecule has 0 heterocycles. The molecule has 1 aromatic rings. The van der Waals surface area contributed by atoms with Crippen molar-refractivity contribution in [2.75, 3.05) is 6.61 Å². The van der Waals surface area contributed by atoms with Gasteiger partial charge in [0.2, 0.25) is 0 Å². The Bertz CT molecular complexity index is 679. The van der Waals surface area contributed by atoms with Crippen molar-refractivity contribution in [3.63, 3.8) is 0 Å². The summed E-state index contributed by atoms with van der Waals surface area (Å²) in [7, 11) is -5.86. The van der Waals surface area contributed by atoms with E-state index in [0.29, 0.717) is 6.42 Å². The van der Waals surface area contributed by atoms with Gasteiger partial charge in [-0.25, -0.2) is 13.2 Å². The number of esters is 1. The number of halogens is 2. The minimum Gasteiger partial charge on any atom is -0.743 e. The van der Waals surface area contributed by atoms with E-state index < -0.39 is 27.9 Å². The smallest absolute Gasteiger partial charge is 0.367 e. The molecule has 108 valence electrons. The van der Waals surface area contributed by atoms with Gasteiger partial charge < -0.3 is 9.29 Å². The molecule has 1 aliphatic carbocycles. The Morgan fingerprint density at radius 1 is 1.40 bits per heavy atom. The van der Waals surface area contributed by atoms with Gasteiger partial charge in [0.15, 0.2) is 16.7 Å². The van der Waals surface area contributed by atoms with Gasteiger partial charge in [-0.15, -0.1) is 0 Å². The van der Waals surface area contributed by atoms with Crippen LogP contribution in [0, 0.1) is 0 Å². The maximum atomic E-state index is 12.8. The van der Waals surface area contributed by atoms with Gasteiger partial charge in [0.05, 0.1) is 5.56 Å². The molecule has 1 aliphatic rings. The van der Waals surface area contributed by atoms with Crippen molar-refractivity contribution in [3.8, 4) is 0 Å². The van der Waals surface area contributed by atoms with Crippen LogP contribution in [0.5, 0.6) is 0 Å². The van der Waals surface area contributed by atoms with Crippen LogP contribution in [0.15, 0.2) is 24.3 Å². The largest absolute Gasteiger partial charge is 0.743 e. The van der Waals surface area contributed by atoms with Crippen molar-refractivity contribution in [3.05, 3.63) is 41.0 Å². The zero-order valence-electron chi connectivity index (χ0n) is 10.0. The molecule has 0 spiro atoms. The SMILES string of the molecule is O=C(OCC(F)(F)S(=O)(=O)[O-])c1ccc2c(c1)CC=C2. The second kappa shape index (κ2) is 4.95. The highest BCUT2D eigenvalue weighted by Crippen LogP contribution is 2.23. The van der Waals surface area contributed by atoms with Crippen LogP contribution < -0.4 is 0 Å². The third-order valence-electron chi connectivity index (χ3n) is 2.75. The quantitative estimate of drug-likeness (QED) is 0.622. The number of hydrogen-bond acceptors (Lipinski definition) is 5. The van der Waals surface area contributed by atoms with Crippen LogP contribution in [0.25, 0.3) is 6.08 Å². The molecule has 0 radical (unpaired) electrons. The van der Waals surface area contributed by atoms with E-state index in [4.69, 9.17) is 0 Å². The van der Waals surface area contributed by atoms with Crippen molar-refractivity contribution in [2.24, 2.45) is 0 Å². The van der Waals surface area contributed by atoms with Crippen molar-refractivity contribution in [2.45, 2.75) is 11.7 Å². The summed E-state index contributed by atoms with van der Waals surface area (Å²) in [5, 5.41) is -4.64. The maximum absolute atomic E-state index is 12.8. The zero-order valence-corrected chi connectivity index (χ0v) is 10.8. The third kappa shape index (κ3) is 2.86. The Morgan fingerprint density at radius 2 is 2.10 bits per heavy atom. The summed E-state index contributed by atoms with van der Waals surface area (Å²) in [5.41, 5.74) is 1.77. The molecule has 0 N–H and O–H groups in total. The van der Waals surface area contributed by atoms with Crippen LogP contribution in [0.2, 0.25) is 0 Å². The van der Waals surface area contributed by atoms with E-state index in [1.165, 1.54) is 12.1 Å². The number of ether oxygens (including phenoxy) is 1. The number of fused-ring (bicyclic) bond motifs is 1. The molecule has 0 amide bonds. The van der Waals surface area contributed by atoms with Crippen LogP contribution in [0.3, 0.4) is 0 Å². The van der Waals surface area contributed by atoms with Crippen molar-refractivity contribution in [1.82, 2.24) is 0 Å². The van der Waals surface area contributed by atoms with E-state index in [2.05, 4.69) is 4.74 Å². The number of carbonyl (C=O) groups is 1. The second-order valence-corrected chi connectivity index (χ2v) is 5.69. The molecule has 0 saturated heterocycles. The highest BCUT2D eigenvalue weighted by molar-refractivity contribution is 7.86. The molecule has 0 bridgehead atoms. The second-order valence-electron chi connectivity index (χ2n) is 4.19. The summed E-state index contributed by atoms with van der Waals surface area (Å²) in [6.07, 6.45) is 4.34. The summed E-state index contributed by atoms with van der Waals surface area (Å²) in [4.78, 5) is 11.5.